The number of carbonyl (C=O) groups excluding carboxylic acids is 1. The van der Waals surface area contributed by atoms with Gasteiger partial charge in [-0.05, 0) is 36.6 Å². The van der Waals surface area contributed by atoms with Crippen molar-refractivity contribution in [1.29, 1.82) is 0 Å². The van der Waals surface area contributed by atoms with Crippen LogP contribution in [0.4, 0.5) is 15.9 Å². The van der Waals surface area contributed by atoms with Crippen LogP contribution >= 0.6 is 0 Å². The first-order valence-corrected chi connectivity index (χ1v) is 6.96. The lowest BCUT2D eigenvalue weighted by Gasteiger charge is -2.07. The minimum atomic E-state index is -0.366. The van der Waals surface area contributed by atoms with E-state index >= 15 is 0 Å². The van der Waals surface area contributed by atoms with E-state index in [9.17, 15) is 9.18 Å². The van der Waals surface area contributed by atoms with Gasteiger partial charge in [0.2, 0.25) is 5.91 Å². The van der Waals surface area contributed by atoms with Crippen molar-refractivity contribution >= 4 is 17.4 Å². The average Bonchev–Trinajstić information content (AvgIpc) is 3.28. The third kappa shape index (κ3) is 3.78. The maximum Gasteiger partial charge on any atom is 0.228 e. The van der Waals surface area contributed by atoms with Crippen molar-refractivity contribution < 1.29 is 9.18 Å². The van der Waals surface area contributed by atoms with E-state index in [1.54, 1.807) is 30.5 Å². The summed E-state index contributed by atoms with van der Waals surface area (Å²) in [5.41, 5.74) is 0.993. The van der Waals surface area contributed by atoms with Gasteiger partial charge in [0, 0.05) is 6.04 Å². The van der Waals surface area contributed by atoms with Crippen LogP contribution in [0.3, 0.4) is 0 Å². The quantitative estimate of drug-likeness (QED) is 0.888. The molecule has 3 rings (SSSR count). The van der Waals surface area contributed by atoms with Gasteiger partial charge in [0.05, 0.1) is 18.3 Å². The number of halogens is 1. The molecule has 108 valence electrons. The summed E-state index contributed by atoms with van der Waals surface area (Å²) in [6.45, 7) is 0. The molecule has 1 aromatic carbocycles. The number of rotatable bonds is 5. The molecule has 1 aromatic heterocycles. The topological polar surface area (TPSA) is 54.0 Å². The summed E-state index contributed by atoms with van der Waals surface area (Å²) < 4.78 is 13.5. The summed E-state index contributed by atoms with van der Waals surface area (Å²) in [4.78, 5) is 16.1. The minimum Gasteiger partial charge on any atom is -0.367 e. The van der Waals surface area contributed by atoms with Gasteiger partial charge in [0.1, 0.15) is 11.6 Å². The standard InChI is InChI=1S/C16H16FN3O/c17-14-4-2-1-3-11(14)9-16(21)20-13-7-8-15(18-10-13)19-12-5-6-12/h1-4,7-8,10,12H,5-6,9H2,(H,18,19)(H,20,21). The molecule has 1 aliphatic carbocycles. The minimum absolute atomic E-state index is 0.00868. The van der Waals surface area contributed by atoms with Crippen molar-refractivity contribution in [2.45, 2.75) is 25.3 Å². The number of anilines is 2. The molecule has 0 bridgehead atoms. The van der Waals surface area contributed by atoms with Gasteiger partial charge in [-0.3, -0.25) is 4.79 Å². The first kappa shape index (κ1) is 13.5. The van der Waals surface area contributed by atoms with Crippen molar-refractivity contribution in [3.8, 4) is 0 Å². The van der Waals surface area contributed by atoms with Crippen LogP contribution in [0.15, 0.2) is 42.6 Å². The third-order valence-corrected chi connectivity index (χ3v) is 3.29. The highest BCUT2D eigenvalue weighted by atomic mass is 19.1. The van der Waals surface area contributed by atoms with E-state index in [0.717, 1.165) is 5.82 Å². The van der Waals surface area contributed by atoms with Crippen molar-refractivity contribution in [2.75, 3.05) is 10.6 Å². The molecule has 21 heavy (non-hydrogen) atoms. The van der Waals surface area contributed by atoms with Gasteiger partial charge in [-0.2, -0.15) is 0 Å². The van der Waals surface area contributed by atoms with Crippen LogP contribution in [-0.4, -0.2) is 16.9 Å². The Kier molecular flexibility index (Phi) is 3.81. The van der Waals surface area contributed by atoms with Crippen LogP contribution in [0.5, 0.6) is 0 Å². The summed E-state index contributed by atoms with van der Waals surface area (Å²) in [7, 11) is 0. The zero-order valence-corrected chi connectivity index (χ0v) is 11.5. The molecule has 1 aliphatic rings. The molecule has 0 spiro atoms. The largest absolute Gasteiger partial charge is 0.367 e. The van der Waals surface area contributed by atoms with E-state index in [1.165, 1.54) is 18.9 Å². The Labute approximate surface area is 122 Å². The fourth-order valence-electron chi connectivity index (χ4n) is 2.01. The highest BCUT2D eigenvalue weighted by Gasteiger charge is 2.21. The van der Waals surface area contributed by atoms with Gasteiger partial charge in [-0.25, -0.2) is 9.37 Å². The molecule has 0 atom stereocenters. The highest BCUT2D eigenvalue weighted by molar-refractivity contribution is 5.92. The first-order valence-electron chi connectivity index (χ1n) is 6.96. The predicted octanol–water partition coefficient (Wildman–Crippen LogP) is 2.98. The lowest BCUT2D eigenvalue weighted by molar-refractivity contribution is -0.115. The number of carbonyl (C=O) groups is 1. The van der Waals surface area contributed by atoms with Gasteiger partial charge < -0.3 is 10.6 Å². The van der Waals surface area contributed by atoms with E-state index in [1.807, 2.05) is 6.07 Å². The number of hydrogen-bond acceptors (Lipinski definition) is 3. The summed E-state index contributed by atoms with van der Waals surface area (Å²) in [6, 6.07) is 10.4. The van der Waals surface area contributed by atoms with Crippen LogP contribution in [-0.2, 0) is 11.2 Å². The smallest absolute Gasteiger partial charge is 0.228 e. The van der Waals surface area contributed by atoms with E-state index < -0.39 is 0 Å². The number of nitrogens with zero attached hydrogens (tertiary/aromatic N) is 1. The third-order valence-electron chi connectivity index (χ3n) is 3.29. The zero-order valence-electron chi connectivity index (χ0n) is 11.5. The fraction of sp³-hybridized carbons (Fsp3) is 0.250. The number of nitrogens with one attached hydrogen (secondary N) is 2. The van der Waals surface area contributed by atoms with E-state index in [4.69, 9.17) is 0 Å². The number of aromatic nitrogens is 1. The Bertz CT molecular complexity index is 638. The molecule has 0 radical (unpaired) electrons. The monoisotopic (exact) mass is 285 g/mol. The Morgan fingerprint density at radius 2 is 2.05 bits per heavy atom. The van der Waals surface area contributed by atoms with Gasteiger partial charge in [-0.1, -0.05) is 18.2 Å². The number of pyridine rings is 1. The maximum absolute atomic E-state index is 13.5. The first-order chi connectivity index (χ1) is 10.2. The Balaban J connectivity index is 1.57. The molecule has 1 amide bonds. The van der Waals surface area contributed by atoms with E-state index in [-0.39, 0.29) is 18.1 Å². The lowest BCUT2D eigenvalue weighted by Crippen LogP contribution is -2.15. The van der Waals surface area contributed by atoms with Crippen LogP contribution < -0.4 is 10.6 Å². The summed E-state index contributed by atoms with van der Waals surface area (Å²) >= 11 is 0. The molecule has 1 heterocycles. The predicted molar refractivity (Wildman–Crippen MR) is 79.6 cm³/mol. The van der Waals surface area contributed by atoms with E-state index in [0.29, 0.717) is 17.3 Å². The van der Waals surface area contributed by atoms with Crippen LogP contribution in [0, 0.1) is 5.82 Å². The number of benzene rings is 1. The van der Waals surface area contributed by atoms with E-state index in [2.05, 4.69) is 15.6 Å². The second kappa shape index (κ2) is 5.91. The van der Waals surface area contributed by atoms with Crippen LogP contribution in [0.25, 0.3) is 0 Å². The van der Waals surface area contributed by atoms with Gasteiger partial charge in [-0.15, -0.1) is 0 Å². The second-order valence-corrected chi connectivity index (χ2v) is 5.17. The van der Waals surface area contributed by atoms with Crippen molar-refractivity contribution in [3.63, 3.8) is 0 Å². The molecule has 0 saturated heterocycles. The van der Waals surface area contributed by atoms with Crippen molar-refractivity contribution in [2.24, 2.45) is 0 Å². The lowest BCUT2D eigenvalue weighted by atomic mass is 10.1. The Morgan fingerprint density at radius 3 is 2.71 bits per heavy atom. The molecule has 1 saturated carbocycles. The average molecular weight is 285 g/mol. The van der Waals surface area contributed by atoms with Gasteiger partial charge >= 0.3 is 0 Å². The second-order valence-electron chi connectivity index (χ2n) is 5.17. The van der Waals surface area contributed by atoms with Crippen LogP contribution in [0.2, 0.25) is 0 Å². The molecule has 2 aromatic rings. The summed E-state index contributed by atoms with van der Waals surface area (Å²) in [5, 5.41) is 5.99. The van der Waals surface area contributed by atoms with Crippen molar-refractivity contribution in [1.82, 2.24) is 4.98 Å². The fourth-order valence-corrected chi connectivity index (χ4v) is 2.01. The maximum atomic E-state index is 13.5. The normalized spacial score (nSPS) is 13.8. The Morgan fingerprint density at radius 1 is 1.24 bits per heavy atom. The Hall–Kier alpha value is -2.43. The summed E-state index contributed by atoms with van der Waals surface area (Å²) in [5.74, 6) is 0.184. The molecule has 0 aliphatic heterocycles. The molecule has 1 fully saturated rings. The van der Waals surface area contributed by atoms with Gasteiger partial charge in [0.15, 0.2) is 0 Å². The molecule has 2 N–H and O–H groups in total. The van der Waals surface area contributed by atoms with Gasteiger partial charge in [0.25, 0.3) is 0 Å². The SMILES string of the molecule is O=C(Cc1ccccc1F)Nc1ccc(NC2CC2)nc1. The number of amides is 1. The highest BCUT2D eigenvalue weighted by Crippen LogP contribution is 2.23. The van der Waals surface area contributed by atoms with Crippen LogP contribution in [0.1, 0.15) is 18.4 Å². The molecule has 5 heteroatoms. The number of hydrogen-bond donors (Lipinski definition) is 2. The molecule has 0 unspecified atom stereocenters. The summed E-state index contributed by atoms with van der Waals surface area (Å²) in [6.07, 6.45) is 3.98. The molecular weight excluding hydrogens is 269 g/mol. The molecular formula is C16H16FN3O. The zero-order chi connectivity index (χ0) is 14.7. The molecule has 4 nitrogen and oxygen atoms in total. The van der Waals surface area contributed by atoms with Crippen molar-refractivity contribution in [3.05, 3.63) is 54.0 Å².